The van der Waals surface area contributed by atoms with Crippen LogP contribution in [-0.2, 0) is 11.3 Å². The van der Waals surface area contributed by atoms with Gasteiger partial charge >= 0.3 is 0 Å². The van der Waals surface area contributed by atoms with Crippen LogP contribution in [0.5, 0.6) is 0 Å². The minimum Gasteiger partial charge on any atom is -0.367 e. The number of hydrogen-bond acceptors (Lipinski definition) is 3. The van der Waals surface area contributed by atoms with E-state index in [0.29, 0.717) is 5.82 Å². The van der Waals surface area contributed by atoms with E-state index in [1.807, 2.05) is 58.6 Å². The van der Waals surface area contributed by atoms with Crippen molar-refractivity contribution in [3.05, 3.63) is 96.0 Å². The van der Waals surface area contributed by atoms with Gasteiger partial charge in [0.25, 0.3) is 0 Å². The molecule has 3 aromatic rings. The molecule has 1 atom stereocenters. The van der Waals surface area contributed by atoms with E-state index in [1.54, 1.807) is 0 Å². The summed E-state index contributed by atoms with van der Waals surface area (Å²) in [4.78, 5) is 25.2. The molecule has 1 amide bonds. The molecule has 2 N–H and O–H groups in total. The van der Waals surface area contributed by atoms with Gasteiger partial charge in [-0.05, 0) is 43.2 Å². The van der Waals surface area contributed by atoms with E-state index in [9.17, 15) is 4.79 Å². The molecule has 1 aromatic carbocycles. The number of hydrogen-bond donors (Lipinski definition) is 2. The van der Waals surface area contributed by atoms with Crippen molar-refractivity contribution in [2.24, 2.45) is 16.3 Å². The van der Waals surface area contributed by atoms with Crippen molar-refractivity contribution in [3.63, 3.8) is 0 Å². The third-order valence-corrected chi connectivity index (χ3v) is 6.23. The van der Waals surface area contributed by atoms with E-state index in [1.165, 1.54) is 11.1 Å². The first-order valence-electron chi connectivity index (χ1n) is 12.4. The van der Waals surface area contributed by atoms with E-state index in [-0.39, 0.29) is 11.8 Å². The highest BCUT2D eigenvalue weighted by Gasteiger charge is 2.23. The fourth-order valence-electron chi connectivity index (χ4n) is 4.02. The first kappa shape index (κ1) is 25.2. The van der Waals surface area contributed by atoms with Gasteiger partial charge in [-0.15, -0.1) is 0 Å². The molecule has 2 heterocycles. The lowest BCUT2D eigenvalue weighted by atomic mass is 9.92. The number of carbonyl (C=O) groups excluding carboxylic acids is 1. The lowest BCUT2D eigenvalue weighted by Crippen LogP contribution is -2.34. The second kappa shape index (κ2) is 10.4. The number of rotatable bonds is 6. The molecular weight excluding hydrogens is 446 g/mol. The van der Waals surface area contributed by atoms with E-state index >= 15 is 0 Å². The number of aromatic nitrogens is 3. The molecule has 0 aliphatic heterocycles. The maximum atomic E-state index is 12.5. The van der Waals surface area contributed by atoms with E-state index in [2.05, 4.69) is 71.2 Å². The maximum Gasteiger partial charge on any atom is 0.230 e. The summed E-state index contributed by atoms with van der Waals surface area (Å²) in [7, 11) is 0. The molecule has 6 heteroatoms. The summed E-state index contributed by atoms with van der Waals surface area (Å²) in [6.07, 6.45) is 14.1. The molecular formula is C30H35N5O. The third kappa shape index (κ3) is 5.65. The summed E-state index contributed by atoms with van der Waals surface area (Å²) < 4.78 is 2.20. The van der Waals surface area contributed by atoms with E-state index in [4.69, 9.17) is 9.98 Å². The van der Waals surface area contributed by atoms with Crippen LogP contribution in [0.3, 0.4) is 0 Å². The Morgan fingerprint density at radius 3 is 2.56 bits per heavy atom. The van der Waals surface area contributed by atoms with Crippen molar-refractivity contribution in [3.8, 4) is 11.3 Å². The number of nitrogens with zero attached hydrogens (tertiary/aromatic N) is 3. The zero-order valence-corrected chi connectivity index (χ0v) is 22.0. The van der Waals surface area contributed by atoms with Crippen LogP contribution in [0.2, 0.25) is 0 Å². The second-order valence-electron chi connectivity index (χ2n) is 10.3. The monoisotopic (exact) mass is 481 g/mol. The summed E-state index contributed by atoms with van der Waals surface area (Å²) in [5.74, 6) is 0.573. The van der Waals surface area contributed by atoms with Gasteiger partial charge in [-0.1, -0.05) is 69.7 Å². The summed E-state index contributed by atoms with van der Waals surface area (Å²) in [6, 6.07) is 10.6. The highest BCUT2D eigenvalue weighted by atomic mass is 16.2. The van der Waals surface area contributed by atoms with Crippen LogP contribution in [-0.4, -0.2) is 26.2 Å². The van der Waals surface area contributed by atoms with Gasteiger partial charge in [-0.25, -0.2) is 9.98 Å². The van der Waals surface area contributed by atoms with Gasteiger partial charge in [0.05, 0.1) is 24.3 Å². The molecule has 2 aromatic heterocycles. The van der Waals surface area contributed by atoms with Crippen LogP contribution in [0.15, 0.2) is 84.2 Å². The molecule has 186 valence electrons. The Morgan fingerprint density at radius 2 is 1.94 bits per heavy atom. The summed E-state index contributed by atoms with van der Waals surface area (Å²) in [6.45, 7) is 12.5. The van der Waals surface area contributed by atoms with Crippen LogP contribution < -0.4 is 5.32 Å². The van der Waals surface area contributed by atoms with Crippen LogP contribution >= 0.6 is 0 Å². The van der Waals surface area contributed by atoms with Gasteiger partial charge in [-0.3, -0.25) is 4.79 Å². The lowest BCUT2D eigenvalue weighted by Gasteiger charge is -2.20. The van der Waals surface area contributed by atoms with Crippen LogP contribution in [0, 0.1) is 18.3 Å². The lowest BCUT2D eigenvalue weighted by molar-refractivity contribution is -0.127. The average Bonchev–Trinajstić information content (AvgIpc) is 3.50. The van der Waals surface area contributed by atoms with Gasteiger partial charge in [0.2, 0.25) is 5.91 Å². The predicted octanol–water partition coefficient (Wildman–Crippen LogP) is 6.29. The summed E-state index contributed by atoms with van der Waals surface area (Å²) in [5.41, 5.74) is 7.05. The summed E-state index contributed by atoms with van der Waals surface area (Å²) >= 11 is 0. The zero-order valence-electron chi connectivity index (χ0n) is 22.0. The van der Waals surface area contributed by atoms with Crippen molar-refractivity contribution in [2.75, 3.05) is 0 Å². The maximum absolute atomic E-state index is 12.5. The SMILES string of the molecule is C/C=C(\N=C1\C=CC(c2c(-c3ccc(C)cc3)ncn2Cc2cc[nH]c2)=CC1C)NC(=O)C(C)(C)C. The predicted molar refractivity (Wildman–Crippen MR) is 147 cm³/mol. The fraction of sp³-hybridized carbons (Fsp3) is 0.300. The number of aliphatic imine (C=N–C) groups is 1. The Bertz CT molecular complexity index is 1340. The number of aryl methyl sites for hydroxylation is 1. The topological polar surface area (TPSA) is 75.1 Å². The standard InChI is InChI=1S/C30H35N5O/c1-7-26(34-29(36)30(4,5)6)33-25-13-12-24(16-21(25)3)28-27(23-10-8-20(2)9-11-23)32-19-35(28)18-22-14-15-31-17-22/h7-17,19,21,31H,18H2,1-6H3,(H,34,36)/b26-7+,33-25-. The van der Waals surface area contributed by atoms with Crippen molar-refractivity contribution < 1.29 is 4.79 Å². The first-order valence-corrected chi connectivity index (χ1v) is 12.4. The molecule has 0 radical (unpaired) electrons. The van der Waals surface area contributed by atoms with Crippen molar-refractivity contribution in [1.82, 2.24) is 19.9 Å². The van der Waals surface area contributed by atoms with Crippen molar-refractivity contribution >= 4 is 17.2 Å². The minimum absolute atomic E-state index is 0.0555. The molecule has 0 saturated carbocycles. The van der Waals surface area contributed by atoms with Gasteiger partial charge in [0.1, 0.15) is 5.82 Å². The van der Waals surface area contributed by atoms with Gasteiger partial charge in [0.15, 0.2) is 0 Å². The number of aromatic amines is 1. The largest absolute Gasteiger partial charge is 0.367 e. The second-order valence-corrected chi connectivity index (χ2v) is 10.3. The Hall–Kier alpha value is -3.93. The minimum atomic E-state index is -0.486. The van der Waals surface area contributed by atoms with Crippen molar-refractivity contribution in [2.45, 2.75) is 48.1 Å². The molecule has 0 bridgehead atoms. The molecule has 0 saturated heterocycles. The summed E-state index contributed by atoms with van der Waals surface area (Å²) in [5, 5.41) is 2.95. The highest BCUT2D eigenvalue weighted by molar-refractivity contribution is 6.04. The quantitative estimate of drug-likeness (QED) is 0.434. The number of allylic oxidation sites excluding steroid dienone is 5. The Labute approximate surface area is 213 Å². The number of benzene rings is 1. The Balaban J connectivity index is 1.68. The van der Waals surface area contributed by atoms with Gasteiger partial charge in [-0.2, -0.15) is 0 Å². The molecule has 0 spiro atoms. The van der Waals surface area contributed by atoms with Gasteiger partial charge in [0, 0.05) is 35.0 Å². The van der Waals surface area contributed by atoms with Crippen molar-refractivity contribution in [1.29, 1.82) is 0 Å². The van der Waals surface area contributed by atoms with Crippen LogP contribution in [0.25, 0.3) is 16.8 Å². The number of amides is 1. The number of imidazole rings is 1. The molecule has 0 fully saturated rings. The molecule has 1 aliphatic carbocycles. The van der Waals surface area contributed by atoms with E-state index in [0.717, 1.165) is 34.8 Å². The highest BCUT2D eigenvalue weighted by Crippen LogP contribution is 2.32. The Morgan fingerprint density at radius 1 is 1.19 bits per heavy atom. The molecule has 4 rings (SSSR count). The normalized spacial score (nSPS) is 17.4. The number of H-pyrrole nitrogens is 1. The molecule has 6 nitrogen and oxygen atoms in total. The fourth-order valence-corrected chi connectivity index (χ4v) is 4.02. The van der Waals surface area contributed by atoms with Crippen LogP contribution in [0.4, 0.5) is 0 Å². The number of carbonyl (C=O) groups is 1. The van der Waals surface area contributed by atoms with Crippen LogP contribution in [0.1, 0.15) is 51.4 Å². The van der Waals surface area contributed by atoms with Gasteiger partial charge < -0.3 is 14.9 Å². The first-order chi connectivity index (χ1) is 17.2. The molecule has 1 unspecified atom stereocenters. The number of nitrogens with one attached hydrogen (secondary N) is 2. The Kier molecular flexibility index (Phi) is 7.25. The third-order valence-electron chi connectivity index (χ3n) is 6.23. The average molecular weight is 482 g/mol. The smallest absolute Gasteiger partial charge is 0.230 e. The van der Waals surface area contributed by atoms with E-state index < -0.39 is 5.41 Å². The zero-order chi connectivity index (χ0) is 25.9. The molecule has 36 heavy (non-hydrogen) atoms. The molecule has 1 aliphatic rings.